The molecule has 2 rings (SSSR count). The molecule has 0 saturated carbocycles. The van der Waals surface area contributed by atoms with Gasteiger partial charge < -0.3 is 5.32 Å². The Labute approximate surface area is 119 Å². The summed E-state index contributed by atoms with van der Waals surface area (Å²) in [5.41, 5.74) is 1.71. The van der Waals surface area contributed by atoms with E-state index in [0.29, 0.717) is 5.92 Å². The van der Waals surface area contributed by atoms with Crippen molar-refractivity contribution in [3.63, 3.8) is 0 Å². The Balaban J connectivity index is 2.12. The molecule has 0 bridgehead atoms. The predicted molar refractivity (Wildman–Crippen MR) is 81.9 cm³/mol. The Hall–Kier alpha value is -0.600. The number of hydrogen-bond donors (Lipinski definition) is 1. The van der Waals surface area contributed by atoms with Crippen molar-refractivity contribution in [1.82, 2.24) is 5.32 Å². The number of allylic oxidation sites excluding steroid dienone is 2. The van der Waals surface area contributed by atoms with Crippen molar-refractivity contribution in [2.45, 2.75) is 32.1 Å². The monoisotopic (exact) mass is 307 g/mol. The van der Waals surface area contributed by atoms with Crippen LogP contribution in [-0.4, -0.2) is 13.1 Å². The normalized spacial score (nSPS) is 17.6. The van der Waals surface area contributed by atoms with Crippen molar-refractivity contribution in [2.24, 2.45) is 5.92 Å². The lowest BCUT2D eigenvalue weighted by molar-refractivity contribution is 0.402. The van der Waals surface area contributed by atoms with E-state index in [-0.39, 0.29) is 5.41 Å². The number of rotatable bonds is 5. The first-order valence-electron chi connectivity index (χ1n) is 6.74. The SMILES string of the molecule is CC(C)CNCC1(c2cccc(Br)c2)CC=CC1. The topological polar surface area (TPSA) is 12.0 Å². The van der Waals surface area contributed by atoms with Gasteiger partial charge in [-0.2, -0.15) is 0 Å². The van der Waals surface area contributed by atoms with Gasteiger partial charge in [0.15, 0.2) is 0 Å². The van der Waals surface area contributed by atoms with E-state index in [1.165, 1.54) is 10.0 Å². The number of benzene rings is 1. The smallest absolute Gasteiger partial charge is 0.0178 e. The standard InChI is InChI=1S/C16H22BrN/c1-13(2)11-18-12-16(8-3-4-9-16)14-6-5-7-15(17)10-14/h3-7,10,13,18H,8-9,11-12H2,1-2H3. The molecule has 0 amide bonds. The van der Waals surface area contributed by atoms with Gasteiger partial charge in [-0.25, -0.2) is 0 Å². The number of halogens is 1. The van der Waals surface area contributed by atoms with Crippen molar-refractivity contribution in [2.75, 3.05) is 13.1 Å². The molecule has 0 spiro atoms. The average molecular weight is 308 g/mol. The zero-order valence-electron chi connectivity index (χ0n) is 11.2. The molecular weight excluding hydrogens is 286 g/mol. The number of nitrogens with one attached hydrogen (secondary N) is 1. The van der Waals surface area contributed by atoms with E-state index >= 15 is 0 Å². The van der Waals surface area contributed by atoms with Crippen LogP contribution in [0.15, 0.2) is 40.9 Å². The van der Waals surface area contributed by atoms with E-state index in [1.807, 2.05) is 0 Å². The lowest BCUT2D eigenvalue weighted by Gasteiger charge is -2.30. The minimum atomic E-state index is 0.263. The van der Waals surface area contributed by atoms with E-state index in [4.69, 9.17) is 0 Å². The van der Waals surface area contributed by atoms with Crippen molar-refractivity contribution < 1.29 is 0 Å². The molecule has 1 aromatic rings. The van der Waals surface area contributed by atoms with Crippen LogP contribution in [0.5, 0.6) is 0 Å². The highest BCUT2D eigenvalue weighted by Crippen LogP contribution is 2.37. The van der Waals surface area contributed by atoms with Crippen molar-refractivity contribution >= 4 is 15.9 Å². The molecular formula is C16H22BrN. The minimum Gasteiger partial charge on any atom is -0.316 e. The van der Waals surface area contributed by atoms with Gasteiger partial charge in [-0.05, 0) is 43.0 Å². The van der Waals surface area contributed by atoms with E-state index in [0.717, 1.165) is 25.9 Å². The molecule has 1 nitrogen and oxygen atoms in total. The Kier molecular flexibility index (Phi) is 4.63. The fraction of sp³-hybridized carbons (Fsp3) is 0.500. The van der Waals surface area contributed by atoms with E-state index < -0.39 is 0 Å². The summed E-state index contributed by atoms with van der Waals surface area (Å²) >= 11 is 3.58. The first kappa shape index (κ1) is 13.8. The van der Waals surface area contributed by atoms with Gasteiger partial charge in [0.25, 0.3) is 0 Å². The van der Waals surface area contributed by atoms with Crippen LogP contribution in [0.25, 0.3) is 0 Å². The van der Waals surface area contributed by atoms with Crippen LogP contribution in [0.1, 0.15) is 32.3 Å². The molecule has 18 heavy (non-hydrogen) atoms. The maximum absolute atomic E-state index is 3.63. The highest BCUT2D eigenvalue weighted by atomic mass is 79.9. The van der Waals surface area contributed by atoms with Crippen LogP contribution in [0, 0.1) is 5.92 Å². The van der Waals surface area contributed by atoms with Crippen LogP contribution < -0.4 is 5.32 Å². The molecule has 1 aliphatic carbocycles. The second kappa shape index (κ2) is 6.03. The van der Waals surface area contributed by atoms with Gasteiger partial charge >= 0.3 is 0 Å². The Bertz CT molecular complexity index is 415. The zero-order chi connectivity index (χ0) is 13.0. The van der Waals surface area contributed by atoms with Crippen molar-refractivity contribution in [3.8, 4) is 0 Å². The van der Waals surface area contributed by atoms with E-state index in [9.17, 15) is 0 Å². The third-order valence-electron chi connectivity index (χ3n) is 3.64. The fourth-order valence-corrected chi connectivity index (χ4v) is 3.00. The highest BCUT2D eigenvalue weighted by molar-refractivity contribution is 9.10. The van der Waals surface area contributed by atoms with Crippen LogP contribution >= 0.6 is 15.9 Å². The van der Waals surface area contributed by atoms with Gasteiger partial charge in [0.1, 0.15) is 0 Å². The summed E-state index contributed by atoms with van der Waals surface area (Å²) in [4.78, 5) is 0. The lowest BCUT2D eigenvalue weighted by atomic mass is 9.78. The van der Waals surface area contributed by atoms with Gasteiger partial charge in [0, 0.05) is 16.4 Å². The summed E-state index contributed by atoms with van der Waals surface area (Å²) in [6, 6.07) is 8.77. The summed E-state index contributed by atoms with van der Waals surface area (Å²) in [5, 5.41) is 3.63. The van der Waals surface area contributed by atoms with E-state index in [2.05, 4.69) is 71.5 Å². The highest BCUT2D eigenvalue weighted by Gasteiger charge is 2.32. The summed E-state index contributed by atoms with van der Waals surface area (Å²) in [6.45, 7) is 6.67. The van der Waals surface area contributed by atoms with Gasteiger partial charge in [0.05, 0.1) is 0 Å². The quantitative estimate of drug-likeness (QED) is 0.801. The molecule has 1 aromatic carbocycles. The van der Waals surface area contributed by atoms with E-state index in [1.54, 1.807) is 0 Å². The van der Waals surface area contributed by atoms with Crippen molar-refractivity contribution in [3.05, 3.63) is 46.5 Å². The van der Waals surface area contributed by atoms with Crippen LogP contribution in [-0.2, 0) is 5.41 Å². The molecule has 0 aliphatic heterocycles. The third kappa shape index (κ3) is 3.24. The second-order valence-electron chi connectivity index (χ2n) is 5.70. The molecule has 1 N–H and O–H groups in total. The first-order valence-corrected chi connectivity index (χ1v) is 7.53. The Morgan fingerprint density at radius 2 is 2.00 bits per heavy atom. The Morgan fingerprint density at radius 3 is 2.61 bits per heavy atom. The summed E-state index contributed by atoms with van der Waals surface area (Å²) in [5.74, 6) is 0.707. The second-order valence-corrected chi connectivity index (χ2v) is 6.61. The van der Waals surface area contributed by atoms with Crippen LogP contribution in [0.4, 0.5) is 0 Å². The largest absolute Gasteiger partial charge is 0.316 e. The van der Waals surface area contributed by atoms with Crippen molar-refractivity contribution in [1.29, 1.82) is 0 Å². The average Bonchev–Trinajstić information content (AvgIpc) is 2.78. The molecule has 0 fully saturated rings. The fourth-order valence-electron chi connectivity index (χ4n) is 2.60. The first-order chi connectivity index (χ1) is 8.62. The zero-order valence-corrected chi connectivity index (χ0v) is 12.8. The van der Waals surface area contributed by atoms with Gasteiger partial charge in [-0.15, -0.1) is 0 Å². The summed E-state index contributed by atoms with van der Waals surface area (Å²) in [6.07, 6.45) is 6.93. The molecule has 0 unspecified atom stereocenters. The number of hydrogen-bond acceptors (Lipinski definition) is 1. The van der Waals surface area contributed by atoms with Crippen LogP contribution in [0.3, 0.4) is 0 Å². The molecule has 0 radical (unpaired) electrons. The third-order valence-corrected chi connectivity index (χ3v) is 4.13. The molecule has 98 valence electrons. The molecule has 0 heterocycles. The minimum absolute atomic E-state index is 0.263. The maximum Gasteiger partial charge on any atom is 0.0178 e. The van der Waals surface area contributed by atoms with Gasteiger partial charge in [-0.3, -0.25) is 0 Å². The molecule has 2 heteroatoms. The maximum atomic E-state index is 3.63. The summed E-state index contributed by atoms with van der Waals surface area (Å²) in [7, 11) is 0. The summed E-state index contributed by atoms with van der Waals surface area (Å²) < 4.78 is 1.18. The molecule has 0 aromatic heterocycles. The molecule has 1 aliphatic rings. The Morgan fingerprint density at radius 1 is 1.28 bits per heavy atom. The molecule has 0 saturated heterocycles. The van der Waals surface area contributed by atoms with Gasteiger partial charge in [-0.1, -0.05) is 54.1 Å². The van der Waals surface area contributed by atoms with Crippen LogP contribution in [0.2, 0.25) is 0 Å². The van der Waals surface area contributed by atoms with Gasteiger partial charge in [0.2, 0.25) is 0 Å². The molecule has 0 atom stereocenters. The predicted octanol–water partition coefficient (Wildman–Crippen LogP) is 4.28. The lowest BCUT2D eigenvalue weighted by Crippen LogP contribution is -2.37.